The monoisotopic (exact) mass is 269 g/mol. The van der Waals surface area contributed by atoms with Crippen LogP contribution in [0.15, 0.2) is 0 Å². The molecule has 0 aromatic carbocycles. The summed E-state index contributed by atoms with van der Waals surface area (Å²) in [7, 11) is 3.44. The number of rotatable bonds is 8. The molecule has 0 aliphatic heterocycles. The lowest BCUT2D eigenvalue weighted by Crippen LogP contribution is -2.35. The molecule has 0 saturated heterocycles. The number of nitrogens with zero attached hydrogens (tertiary/aromatic N) is 4. The topological polar surface area (TPSA) is 72.4 Å². The number of anilines is 2. The van der Waals surface area contributed by atoms with Crippen LogP contribution in [0.3, 0.4) is 0 Å². The molecule has 0 bridgehead atoms. The van der Waals surface area contributed by atoms with E-state index in [1.807, 2.05) is 6.92 Å². The first-order chi connectivity index (χ1) is 9.12. The zero-order valence-corrected chi connectivity index (χ0v) is 12.3. The SMILES string of the molecule is CCOc1nc(NC)nc(N(CCOC)C(C)C)n1. The third-order valence-corrected chi connectivity index (χ3v) is 2.52. The Labute approximate surface area is 114 Å². The van der Waals surface area contributed by atoms with Crippen LogP contribution in [0.5, 0.6) is 6.01 Å². The molecule has 1 aromatic heterocycles. The summed E-state index contributed by atoms with van der Waals surface area (Å²) in [6.45, 7) is 7.91. The molecule has 0 radical (unpaired) electrons. The van der Waals surface area contributed by atoms with Gasteiger partial charge in [0, 0.05) is 26.7 Å². The fraction of sp³-hybridized carbons (Fsp3) is 0.750. The van der Waals surface area contributed by atoms with Gasteiger partial charge in [-0.05, 0) is 20.8 Å². The van der Waals surface area contributed by atoms with E-state index in [0.717, 1.165) is 0 Å². The minimum absolute atomic E-state index is 0.261. The van der Waals surface area contributed by atoms with Gasteiger partial charge < -0.3 is 19.7 Å². The molecule has 1 N–H and O–H groups in total. The van der Waals surface area contributed by atoms with E-state index < -0.39 is 0 Å². The predicted molar refractivity (Wildman–Crippen MR) is 74.9 cm³/mol. The van der Waals surface area contributed by atoms with Crippen LogP contribution in [0, 0.1) is 0 Å². The lowest BCUT2D eigenvalue weighted by molar-refractivity contribution is 0.203. The summed E-state index contributed by atoms with van der Waals surface area (Å²) in [6, 6.07) is 0.594. The number of methoxy groups -OCH3 is 1. The summed E-state index contributed by atoms with van der Waals surface area (Å²) in [5.74, 6) is 1.09. The van der Waals surface area contributed by atoms with Gasteiger partial charge in [0.25, 0.3) is 0 Å². The molecule has 0 fully saturated rings. The highest BCUT2D eigenvalue weighted by Gasteiger charge is 2.16. The molecule has 0 unspecified atom stereocenters. The fourth-order valence-electron chi connectivity index (χ4n) is 1.56. The second kappa shape index (κ2) is 7.73. The highest BCUT2D eigenvalue weighted by atomic mass is 16.5. The van der Waals surface area contributed by atoms with E-state index in [0.29, 0.717) is 37.7 Å². The van der Waals surface area contributed by atoms with Crippen molar-refractivity contribution in [3.8, 4) is 6.01 Å². The van der Waals surface area contributed by atoms with Gasteiger partial charge in [-0.1, -0.05) is 0 Å². The summed E-state index contributed by atoms with van der Waals surface area (Å²) in [5.41, 5.74) is 0. The van der Waals surface area contributed by atoms with Crippen LogP contribution < -0.4 is 15.0 Å². The highest BCUT2D eigenvalue weighted by molar-refractivity contribution is 5.38. The first kappa shape index (κ1) is 15.4. The third kappa shape index (κ3) is 4.51. The van der Waals surface area contributed by atoms with Crippen LogP contribution in [0.25, 0.3) is 0 Å². The van der Waals surface area contributed by atoms with Crippen LogP contribution in [-0.2, 0) is 4.74 Å². The quantitative estimate of drug-likeness (QED) is 0.759. The first-order valence-electron chi connectivity index (χ1n) is 6.44. The van der Waals surface area contributed by atoms with E-state index in [-0.39, 0.29) is 6.04 Å². The van der Waals surface area contributed by atoms with Gasteiger partial charge in [-0.15, -0.1) is 0 Å². The van der Waals surface area contributed by atoms with Crippen molar-refractivity contribution in [2.24, 2.45) is 0 Å². The Hall–Kier alpha value is -1.63. The molecular formula is C12H23N5O2. The van der Waals surface area contributed by atoms with Gasteiger partial charge in [0.1, 0.15) is 0 Å². The average Bonchev–Trinajstić information content (AvgIpc) is 2.39. The van der Waals surface area contributed by atoms with Crippen molar-refractivity contribution >= 4 is 11.9 Å². The van der Waals surface area contributed by atoms with Crippen LogP contribution >= 0.6 is 0 Å². The molecule has 1 heterocycles. The van der Waals surface area contributed by atoms with Crippen molar-refractivity contribution in [3.63, 3.8) is 0 Å². The fourth-order valence-corrected chi connectivity index (χ4v) is 1.56. The molecule has 0 atom stereocenters. The van der Waals surface area contributed by atoms with E-state index in [1.54, 1.807) is 14.2 Å². The molecule has 7 heteroatoms. The minimum atomic E-state index is 0.261. The van der Waals surface area contributed by atoms with E-state index in [4.69, 9.17) is 9.47 Å². The lowest BCUT2D eigenvalue weighted by Gasteiger charge is -2.26. The van der Waals surface area contributed by atoms with Gasteiger partial charge in [0.2, 0.25) is 11.9 Å². The Kier molecular flexibility index (Phi) is 6.27. The lowest BCUT2D eigenvalue weighted by atomic mass is 10.3. The molecule has 0 amide bonds. The van der Waals surface area contributed by atoms with Crippen molar-refractivity contribution in [2.75, 3.05) is 44.1 Å². The summed E-state index contributed by atoms with van der Waals surface area (Å²) in [4.78, 5) is 14.9. The van der Waals surface area contributed by atoms with E-state index >= 15 is 0 Å². The van der Waals surface area contributed by atoms with Crippen molar-refractivity contribution in [2.45, 2.75) is 26.8 Å². The summed E-state index contributed by atoms with van der Waals surface area (Å²) in [6.07, 6.45) is 0. The van der Waals surface area contributed by atoms with Crippen LogP contribution in [0.2, 0.25) is 0 Å². The van der Waals surface area contributed by atoms with Crippen LogP contribution in [-0.4, -0.2) is 54.9 Å². The summed E-state index contributed by atoms with van der Waals surface area (Å²) < 4.78 is 10.5. The molecule has 1 aromatic rings. The van der Waals surface area contributed by atoms with E-state index in [9.17, 15) is 0 Å². The Morgan fingerprint density at radius 1 is 1.26 bits per heavy atom. The number of ether oxygens (including phenoxy) is 2. The molecule has 19 heavy (non-hydrogen) atoms. The Balaban J connectivity index is 3.02. The second-order valence-electron chi connectivity index (χ2n) is 4.20. The molecule has 7 nitrogen and oxygen atoms in total. The maximum Gasteiger partial charge on any atom is 0.323 e. The molecule has 0 saturated carbocycles. The first-order valence-corrected chi connectivity index (χ1v) is 6.44. The molecule has 108 valence electrons. The molecule has 0 aliphatic carbocycles. The van der Waals surface area contributed by atoms with Crippen LogP contribution in [0.4, 0.5) is 11.9 Å². The molecule has 0 aliphatic rings. The van der Waals surface area contributed by atoms with Crippen molar-refractivity contribution in [1.29, 1.82) is 0 Å². The Morgan fingerprint density at radius 3 is 2.53 bits per heavy atom. The minimum Gasteiger partial charge on any atom is -0.464 e. The summed E-state index contributed by atoms with van der Waals surface area (Å²) >= 11 is 0. The molecule has 0 spiro atoms. The van der Waals surface area contributed by atoms with E-state index in [1.165, 1.54) is 0 Å². The van der Waals surface area contributed by atoms with Crippen molar-refractivity contribution in [3.05, 3.63) is 0 Å². The zero-order valence-electron chi connectivity index (χ0n) is 12.3. The normalized spacial score (nSPS) is 10.6. The zero-order chi connectivity index (χ0) is 14.3. The van der Waals surface area contributed by atoms with Gasteiger partial charge in [-0.3, -0.25) is 0 Å². The molecule has 1 rings (SSSR count). The number of nitrogens with one attached hydrogen (secondary N) is 1. The second-order valence-corrected chi connectivity index (χ2v) is 4.20. The van der Waals surface area contributed by atoms with Crippen LogP contribution in [0.1, 0.15) is 20.8 Å². The number of aromatic nitrogens is 3. The number of hydrogen-bond donors (Lipinski definition) is 1. The van der Waals surface area contributed by atoms with Gasteiger partial charge in [0.15, 0.2) is 0 Å². The Bertz CT molecular complexity index is 386. The van der Waals surface area contributed by atoms with Gasteiger partial charge in [-0.2, -0.15) is 15.0 Å². The smallest absolute Gasteiger partial charge is 0.323 e. The summed E-state index contributed by atoms with van der Waals surface area (Å²) in [5, 5.41) is 2.92. The van der Waals surface area contributed by atoms with Crippen molar-refractivity contribution in [1.82, 2.24) is 15.0 Å². The maximum atomic E-state index is 5.36. The number of hydrogen-bond acceptors (Lipinski definition) is 7. The Morgan fingerprint density at radius 2 is 2.00 bits per heavy atom. The average molecular weight is 269 g/mol. The third-order valence-electron chi connectivity index (χ3n) is 2.52. The van der Waals surface area contributed by atoms with Crippen molar-refractivity contribution < 1.29 is 9.47 Å². The van der Waals surface area contributed by atoms with Gasteiger partial charge in [-0.25, -0.2) is 0 Å². The highest BCUT2D eigenvalue weighted by Crippen LogP contribution is 2.16. The standard InChI is InChI=1S/C12H23N5O2/c1-6-19-12-15-10(13-4)14-11(16-12)17(9(2)3)7-8-18-5/h9H,6-8H2,1-5H3,(H,13,14,15,16). The van der Waals surface area contributed by atoms with Gasteiger partial charge in [0.05, 0.1) is 13.2 Å². The van der Waals surface area contributed by atoms with Gasteiger partial charge >= 0.3 is 6.01 Å². The predicted octanol–water partition coefficient (Wildman–Crippen LogP) is 1.17. The largest absolute Gasteiger partial charge is 0.464 e. The van der Waals surface area contributed by atoms with E-state index in [2.05, 4.69) is 39.0 Å². The molecular weight excluding hydrogens is 246 g/mol. The maximum absolute atomic E-state index is 5.36.